The highest BCUT2D eigenvalue weighted by atomic mass is 79.9. The van der Waals surface area contributed by atoms with E-state index in [0.717, 1.165) is 5.39 Å². The lowest BCUT2D eigenvalue weighted by Crippen LogP contribution is -2.00. The molecule has 0 atom stereocenters. The third kappa shape index (κ3) is 1.46. The predicted molar refractivity (Wildman–Crippen MR) is 54.2 cm³/mol. The van der Waals surface area contributed by atoms with E-state index < -0.39 is 5.97 Å². The molecule has 2 aromatic rings. The van der Waals surface area contributed by atoms with Gasteiger partial charge in [0.05, 0.1) is 0 Å². The lowest BCUT2D eigenvalue weighted by molar-refractivity contribution is 0.0691. The number of rotatable bonds is 1. The number of pyridine rings is 2. The molecule has 0 aliphatic rings. The Kier molecular flexibility index (Phi) is 2.17. The standard InChI is InChI=1S/C9H5BrN2O2/c10-8-7-5(3-4-11-8)1-2-6(12-7)9(13)14/h1-4H,(H,13,14). The minimum absolute atomic E-state index is 0.0196. The molecule has 0 aliphatic heterocycles. The average molecular weight is 253 g/mol. The Bertz CT molecular complexity index is 513. The molecule has 0 fully saturated rings. The molecule has 2 aromatic heterocycles. The number of carboxylic acid groups (broad SMARTS) is 1. The highest BCUT2D eigenvalue weighted by molar-refractivity contribution is 9.10. The molecule has 0 radical (unpaired) electrons. The maximum atomic E-state index is 10.7. The highest BCUT2D eigenvalue weighted by Gasteiger charge is 2.07. The topological polar surface area (TPSA) is 63.1 Å². The molecule has 0 bridgehead atoms. The summed E-state index contributed by atoms with van der Waals surface area (Å²) in [6, 6.07) is 4.95. The van der Waals surface area contributed by atoms with Crippen LogP contribution in [0, 0.1) is 0 Å². The molecule has 1 N–H and O–H groups in total. The van der Waals surface area contributed by atoms with E-state index in [4.69, 9.17) is 5.11 Å². The van der Waals surface area contributed by atoms with Crippen LogP contribution in [0.15, 0.2) is 29.0 Å². The maximum Gasteiger partial charge on any atom is 0.354 e. The quantitative estimate of drug-likeness (QED) is 0.790. The second-order valence-electron chi connectivity index (χ2n) is 2.68. The van der Waals surface area contributed by atoms with Crippen molar-refractivity contribution in [1.29, 1.82) is 0 Å². The van der Waals surface area contributed by atoms with Crippen molar-refractivity contribution in [2.45, 2.75) is 0 Å². The van der Waals surface area contributed by atoms with E-state index in [9.17, 15) is 4.79 Å². The lowest BCUT2D eigenvalue weighted by atomic mass is 10.2. The van der Waals surface area contributed by atoms with Crippen molar-refractivity contribution in [2.24, 2.45) is 0 Å². The van der Waals surface area contributed by atoms with Gasteiger partial charge in [0, 0.05) is 11.6 Å². The smallest absolute Gasteiger partial charge is 0.354 e. The van der Waals surface area contributed by atoms with Gasteiger partial charge >= 0.3 is 5.97 Å². The van der Waals surface area contributed by atoms with Crippen LogP contribution in [0.3, 0.4) is 0 Å². The van der Waals surface area contributed by atoms with Gasteiger partial charge < -0.3 is 5.11 Å². The van der Waals surface area contributed by atoms with Crippen molar-refractivity contribution in [3.05, 3.63) is 34.7 Å². The summed E-state index contributed by atoms with van der Waals surface area (Å²) >= 11 is 3.21. The van der Waals surface area contributed by atoms with Gasteiger partial charge in [-0.1, -0.05) is 6.07 Å². The van der Waals surface area contributed by atoms with Gasteiger partial charge in [0.15, 0.2) is 0 Å². The zero-order chi connectivity index (χ0) is 10.1. The minimum Gasteiger partial charge on any atom is -0.477 e. The number of halogens is 1. The molecule has 5 heteroatoms. The first-order valence-electron chi connectivity index (χ1n) is 3.83. The number of hydrogen-bond acceptors (Lipinski definition) is 3. The molecule has 70 valence electrons. The van der Waals surface area contributed by atoms with Crippen molar-refractivity contribution in [3.8, 4) is 0 Å². The summed E-state index contributed by atoms with van der Waals surface area (Å²) in [5.41, 5.74) is 0.582. The fraction of sp³-hybridized carbons (Fsp3) is 0. The van der Waals surface area contributed by atoms with E-state index in [1.54, 1.807) is 18.3 Å². The summed E-state index contributed by atoms with van der Waals surface area (Å²) < 4.78 is 0.554. The number of hydrogen-bond donors (Lipinski definition) is 1. The zero-order valence-electron chi connectivity index (χ0n) is 6.94. The summed E-state index contributed by atoms with van der Waals surface area (Å²) in [4.78, 5) is 18.6. The van der Waals surface area contributed by atoms with Gasteiger partial charge in [0.2, 0.25) is 0 Å². The molecule has 0 unspecified atom stereocenters. The SMILES string of the molecule is O=C(O)c1ccc2ccnc(Br)c2n1. The molecule has 14 heavy (non-hydrogen) atoms. The summed E-state index contributed by atoms with van der Waals surface area (Å²) in [7, 11) is 0. The molecular formula is C9H5BrN2O2. The molecule has 2 heterocycles. The Hall–Kier alpha value is -1.49. The van der Waals surface area contributed by atoms with Crippen molar-refractivity contribution in [2.75, 3.05) is 0 Å². The monoisotopic (exact) mass is 252 g/mol. The fourth-order valence-corrected chi connectivity index (χ4v) is 1.57. The Labute approximate surface area is 87.7 Å². The largest absolute Gasteiger partial charge is 0.477 e. The number of carboxylic acids is 1. The van der Waals surface area contributed by atoms with E-state index in [1.165, 1.54) is 6.07 Å². The summed E-state index contributed by atoms with van der Waals surface area (Å²) in [6.45, 7) is 0. The Morgan fingerprint density at radius 1 is 1.36 bits per heavy atom. The number of carbonyl (C=O) groups is 1. The number of fused-ring (bicyclic) bond motifs is 1. The minimum atomic E-state index is -1.04. The van der Waals surface area contributed by atoms with Gasteiger partial charge in [-0.25, -0.2) is 14.8 Å². The third-order valence-corrected chi connectivity index (χ3v) is 2.36. The van der Waals surface area contributed by atoms with Gasteiger partial charge in [-0.2, -0.15) is 0 Å². The first kappa shape index (κ1) is 9.08. The summed E-state index contributed by atoms with van der Waals surface area (Å²) in [5, 5.41) is 9.60. The van der Waals surface area contributed by atoms with Crippen molar-refractivity contribution in [1.82, 2.24) is 9.97 Å². The van der Waals surface area contributed by atoms with Crippen molar-refractivity contribution < 1.29 is 9.90 Å². The maximum absolute atomic E-state index is 10.7. The number of aromatic nitrogens is 2. The first-order valence-corrected chi connectivity index (χ1v) is 4.62. The predicted octanol–water partition coefficient (Wildman–Crippen LogP) is 2.09. The molecule has 0 saturated carbocycles. The molecule has 0 aliphatic carbocycles. The molecule has 0 spiro atoms. The number of aromatic carboxylic acids is 1. The second-order valence-corrected chi connectivity index (χ2v) is 3.43. The van der Waals surface area contributed by atoms with Gasteiger partial charge in [0.25, 0.3) is 0 Å². The molecule has 0 aromatic carbocycles. The van der Waals surface area contributed by atoms with E-state index in [1.807, 2.05) is 0 Å². The normalized spacial score (nSPS) is 10.4. The Morgan fingerprint density at radius 3 is 2.86 bits per heavy atom. The van der Waals surface area contributed by atoms with Gasteiger partial charge in [0.1, 0.15) is 15.8 Å². The molecule has 4 nitrogen and oxygen atoms in total. The first-order chi connectivity index (χ1) is 6.68. The van der Waals surface area contributed by atoms with E-state index in [-0.39, 0.29) is 5.69 Å². The van der Waals surface area contributed by atoms with Crippen LogP contribution in [0.5, 0.6) is 0 Å². The van der Waals surface area contributed by atoms with Crippen LogP contribution in [0.25, 0.3) is 10.9 Å². The molecule has 0 saturated heterocycles. The summed E-state index contributed by atoms with van der Waals surface area (Å²) in [6.07, 6.45) is 1.63. The Balaban J connectivity index is 2.76. The second kappa shape index (κ2) is 3.34. The third-order valence-electron chi connectivity index (χ3n) is 1.78. The van der Waals surface area contributed by atoms with Crippen LogP contribution in [0.2, 0.25) is 0 Å². The van der Waals surface area contributed by atoms with E-state index in [2.05, 4.69) is 25.9 Å². The van der Waals surface area contributed by atoms with Gasteiger partial charge in [-0.3, -0.25) is 0 Å². The van der Waals surface area contributed by atoms with Gasteiger partial charge in [-0.05, 0) is 28.1 Å². The highest BCUT2D eigenvalue weighted by Crippen LogP contribution is 2.19. The average Bonchev–Trinajstić information content (AvgIpc) is 2.18. The van der Waals surface area contributed by atoms with E-state index >= 15 is 0 Å². The van der Waals surface area contributed by atoms with Crippen LogP contribution in [-0.4, -0.2) is 21.0 Å². The van der Waals surface area contributed by atoms with Crippen LogP contribution < -0.4 is 0 Å². The van der Waals surface area contributed by atoms with Gasteiger partial charge in [-0.15, -0.1) is 0 Å². The fourth-order valence-electron chi connectivity index (χ4n) is 1.13. The van der Waals surface area contributed by atoms with Crippen LogP contribution in [-0.2, 0) is 0 Å². The van der Waals surface area contributed by atoms with Crippen LogP contribution in [0.4, 0.5) is 0 Å². The lowest BCUT2D eigenvalue weighted by Gasteiger charge is -1.99. The molecule has 0 amide bonds. The molecule has 2 rings (SSSR count). The van der Waals surface area contributed by atoms with Crippen LogP contribution >= 0.6 is 15.9 Å². The Morgan fingerprint density at radius 2 is 2.14 bits per heavy atom. The zero-order valence-corrected chi connectivity index (χ0v) is 8.52. The van der Waals surface area contributed by atoms with Crippen LogP contribution in [0.1, 0.15) is 10.5 Å². The number of nitrogens with zero attached hydrogens (tertiary/aromatic N) is 2. The summed E-state index contributed by atoms with van der Waals surface area (Å²) in [5.74, 6) is -1.04. The van der Waals surface area contributed by atoms with Crippen molar-refractivity contribution >= 4 is 32.8 Å². The van der Waals surface area contributed by atoms with E-state index in [0.29, 0.717) is 10.1 Å². The molecular weight excluding hydrogens is 248 g/mol. The van der Waals surface area contributed by atoms with Crippen molar-refractivity contribution in [3.63, 3.8) is 0 Å².